The van der Waals surface area contributed by atoms with E-state index in [9.17, 15) is 4.79 Å². The van der Waals surface area contributed by atoms with E-state index in [4.69, 9.17) is 16.3 Å². The van der Waals surface area contributed by atoms with E-state index in [0.717, 1.165) is 10.0 Å². The molecule has 0 spiro atoms. The fourth-order valence-electron chi connectivity index (χ4n) is 1.63. The fourth-order valence-corrected chi connectivity index (χ4v) is 2.06. The number of hydrogen-bond acceptors (Lipinski definition) is 2. The molecule has 0 aliphatic heterocycles. The maximum Gasteiger partial charge on any atom is 0.262 e. The van der Waals surface area contributed by atoms with Crippen molar-refractivity contribution in [2.24, 2.45) is 0 Å². The Bertz CT molecular complexity index is 631. The van der Waals surface area contributed by atoms with Gasteiger partial charge in [0, 0.05) is 10.2 Å². The summed E-state index contributed by atoms with van der Waals surface area (Å²) in [4.78, 5) is 11.8. The summed E-state index contributed by atoms with van der Waals surface area (Å²) in [5, 5.41) is 3.27. The number of halogens is 2. The lowest BCUT2D eigenvalue weighted by atomic mass is 10.2. The van der Waals surface area contributed by atoms with Crippen LogP contribution in [0.2, 0.25) is 5.02 Å². The zero-order valence-corrected chi connectivity index (χ0v) is 13.2. The number of anilines is 1. The number of amides is 1. The maximum absolute atomic E-state index is 11.8. The number of aryl methyl sites for hydroxylation is 1. The highest BCUT2D eigenvalue weighted by molar-refractivity contribution is 9.10. The van der Waals surface area contributed by atoms with E-state index < -0.39 is 0 Å². The van der Waals surface area contributed by atoms with Crippen molar-refractivity contribution in [3.05, 3.63) is 57.5 Å². The molecule has 0 saturated carbocycles. The highest BCUT2D eigenvalue weighted by atomic mass is 79.9. The van der Waals surface area contributed by atoms with Crippen molar-refractivity contribution >= 4 is 39.1 Å². The molecule has 104 valence electrons. The second-order valence-corrected chi connectivity index (χ2v) is 5.49. The van der Waals surface area contributed by atoms with Crippen LogP contribution in [-0.4, -0.2) is 12.5 Å². The minimum atomic E-state index is -0.230. The summed E-state index contributed by atoms with van der Waals surface area (Å²) in [6, 6.07) is 12.8. The van der Waals surface area contributed by atoms with E-state index in [2.05, 4.69) is 21.2 Å². The molecule has 0 unspecified atom stereocenters. The van der Waals surface area contributed by atoms with Gasteiger partial charge in [-0.05, 0) is 52.7 Å². The molecule has 0 aromatic heterocycles. The topological polar surface area (TPSA) is 38.3 Å². The molecule has 20 heavy (non-hydrogen) atoms. The summed E-state index contributed by atoms with van der Waals surface area (Å²) in [6.07, 6.45) is 0. The third kappa shape index (κ3) is 3.99. The molecule has 0 saturated heterocycles. The zero-order chi connectivity index (χ0) is 14.5. The van der Waals surface area contributed by atoms with Gasteiger partial charge in [-0.25, -0.2) is 0 Å². The summed E-state index contributed by atoms with van der Waals surface area (Å²) in [6.45, 7) is 1.89. The van der Waals surface area contributed by atoms with Crippen LogP contribution in [-0.2, 0) is 4.79 Å². The molecule has 0 heterocycles. The Hall–Kier alpha value is -1.52. The van der Waals surface area contributed by atoms with E-state index in [0.29, 0.717) is 16.5 Å². The van der Waals surface area contributed by atoms with E-state index in [-0.39, 0.29) is 12.5 Å². The van der Waals surface area contributed by atoms with Crippen LogP contribution in [0.1, 0.15) is 5.56 Å². The lowest BCUT2D eigenvalue weighted by Gasteiger charge is -2.09. The molecule has 1 amide bonds. The second kappa shape index (κ2) is 6.77. The van der Waals surface area contributed by atoms with Crippen LogP contribution in [0.5, 0.6) is 5.75 Å². The first kappa shape index (κ1) is 14.9. The number of nitrogens with one attached hydrogen (secondary N) is 1. The quantitative estimate of drug-likeness (QED) is 0.882. The Balaban J connectivity index is 1.93. The minimum Gasteiger partial charge on any atom is -0.483 e. The fraction of sp³-hybridized carbons (Fsp3) is 0.133. The first-order chi connectivity index (χ1) is 9.56. The van der Waals surface area contributed by atoms with Crippen molar-refractivity contribution < 1.29 is 9.53 Å². The van der Waals surface area contributed by atoms with Crippen molar-refractivity contribution in [2.75, 3.05) is 11.9 Å². The molecule has 2 aromatic rings. The Labute approximate surface area is 131 Å². The summed E-state index contributed by atoms with van der Waals surface area (Å²) in [7, 11) is 0. The standard InChI is InChI=1S/C15H13BrClNO2/c1-10-4-2-3-5-14(10)20-9-15(19)18-11-6-7-12(16)13(17)8-11/h2-8H,9H2,1H3,(H,18,19). The number of carbonyl (C=O) groups is 1. The maximum atomic E-state index is 11.8. The number of para-hydroxylation sites is 1. The van der Waals surface area contributed by atoms with Gasteiger partial charge in [-0.15, -0.1) is 0 Å². The summed E-state index contributed by atoms with van der Waals surface area (Å²) < 4.78 is 6.26. The monoisotopic (exact) mass is 353 g/mol. The predicted octanol–water partition coefficient (Wildman–Crippen LogP) is 4.43. The molecule has 0 bridgehead atoms. The minimum absolute atomic E-state index is 0.0431. The van der Waals surface area contributed by atoms with Gasteiger partial charge in [0.05, 0.1) is 5.02 Å². The lowest BCUT2D eigenvalue weighted by molar-refractivity contribution is -0.118. The van der Waals surface area contributed by atoms with Crippen molar-refractivity contribution in [3.63, 3.8) is 0 Å². The molecule has 2 rings (SSSR count). The van der Waals surface area contributed by atoms with Crippen LogP contribution in [0.25, 0.3) is 0 Å². The molecular weight excluding hydrogens is 342 g/mol. The van der Waals surface area contributed by atoms with Gasteiger partial charge in [0.2, 0.25) is 0 Å². The SMILES string of the molecule is Cc1ccccc1OCC(=O)Nc1ccc(Br)c(Cl)c1. The average Bonchev–Trinajstić information content (AvgIpc) is 2.42. The van der Waals surface area contributed by atoms with Gasteiger partial charge < -0.3 is 10.1 Å². The lowest BCUT2D eigenvalue weighted by Crippen LogP contribution is -2.20. The van der Waals surface area contributed by atoms with Crippen LogP contribution in [0.4, 0.5) is 5.69 Å². The van der Waals surface area contributed by atoms with Crippen LogP contribution >= 0.6 is 27.5 Å². The summed E-state index contributed by atoms with van der Waals surface area (Å²) in [5.74, 6) is 0.475. The number of benzene rings is 2. The van der Waals surface area contributed by atoms with Gasteiger partial charge >= 0.3 is 0 Å². The molecule has 5 heteroatoms. The van der Waals surface area contributed by atoms with E-state index in [1.54, 1.807) is 18.2 Å². The molecule has 0 aliphatic carbocycles. The smallest absolute Gasteiger partial charge is 0.262 e. The molecule has 0 atom stereocenters. The van der Waals surface area contributed by atoms with E-state index in [1.807, 2.05) is 31.2 Å². The predicted molar refractivity (Wildman–Crippen MR) is 84.5 cm³/mol. The average molecular weight is 355 g/mol. The van der Waals surface area contributed by atoms with Crippen LogP contribution in [0.3, 0.4) is 0 Å². The largest absolute Gasteiger partial charge is 0.483 e. The molecule has 1 N–H and O–H groups in total. The Morgan fingerprint density at radius 1 is 1.30 bits per heavy atom. The van der Waals surface area contributed by atoms with E-state index in [1.165, 1.54) is 0 Å². The van der Waals surface area contributed by atoms with Gasteiger partial charge in [-0.3, -0.25) is 4.79 Å². The van der Waals surface area contributed by atoms with Gasteiger partial charge in [0.25, 0.3) is 5.91 Å². The molecule has 2 aromatic carbocycles. The van der Waals surface area contributed by atoms with Crippen molar-refractivity contribution in [2.45, 2.75) is 6.92 Å². The summed E-state index contributed by atoms with van der Waals surface area (Å²) in [5.41, 5.74) is 1.63. The normalized spacial score (nSPS) is 10.2. The molecule has 0 aliphatic rings. The van der Waals surface area contributed by atoms with Crippen molar-refractivity contribution in [3.8, 4) is 5.75 Å². The van der Waals surface area contributed by atoms with Gasteiger partial charge in [-0.2, -0.15) is 0 Å². The van der Waals surface area contributed by atoms with Crippen LogP contribution in [0.15, 0.2) is 46.9 Å². The number of rotatable bonds is 4. The van der Waals surface area contributed by atoms with E-state index >= 15 is 0 Å². The van der Waals surface area contributed by atoms with Gasteiger partial charge in [-0.1, -0.05) is 29.8 Å². The summed E-state index contributed by atoms with van der Waals surface area (Å²) >= 11 is 9.26. The second-order valence-electron chi connectivity index (χ2n) is 4.23. The highest BCUT2D eigenvalue weighted by Crippen LogP contribution is 2.25. The third-order valence-electron chi connectivity index (χ3n) is 2.66. The first-order valence-electron chi connectivity index (χ1n) is 5.99. The number of hydrogen-bond donors (Lipinski definition) is 1. The third-order valence-corrected chi connectivity index (χ3v) is 3.89. The number of carbonyl (C=O) groups excluding carboxylic acids is 1. The Kier molecular flexibility index (Phi) is 5.04. The van der Waals surface area contributed by atoms with Gasteiger partial charge in [0.15, 0.2) is 6.61 Å². The number of ether oxygens (including phenoxy) is 1. The Morgan fingerprint density at radius 2 is 2.05 bits per heavy atom. The van der Waals surface area contributed by atoms with Crippen molar-refractivity contribution in [1.82, 2.24) is 0 Å². The molecule has 0 radical (unpaired) electrons. The molecular formula is C15H13BrClNO2. The molecule has 3 nitrogen and oxygen atoms in total. The van der Waals surface area contributed by atoms with Crippen LogP contribution in [0, 0.1) is 6.92 Å². The van der Waals surface area contributed by atoms with Crippen molar-refractivity contribution in [1.29, 1.82) is 0 Å². The Morgan fingerprint density at radius 3 is 2.75 bits per heavy atom. The molecule has 0 fully saturated rings. The highest BCUT2D eigenvalue weighted by Gasteiger charge is 2.06. The van der Waals surface area contributed by atoms with Crippen LogP contribution < -0.4 is 10.1 Å². The van der Waals surface area contributed by atoms with Gasteiger partial charge in [0.1, 0.15) is 5.75 Å². The first-order valence-corrected chi connectivity index (χ1v) is 7.16. The zero-order valence-electron chi connectivity index (χ0n) is 10.8.